The molecule has 0 saturated carbocycles. The van der Waals surface area contributed by atoms with E-state index in [0.29, 0.717) is 48.5 Å². The van der Waals surface area contributed by atoms with Crippen molar-refractivity contribution in [1.82, 2.24) is 15.4 Å². The summed E-state index contributed by atoms with van der Waals surface area (Å²) in [6.07, 6.45) is 0.396. The van der Waals surface area contributed by atoms with Gasteiger partial charge in [0.25, 0.3) is 0 Å². The molecule has 35 heavy (non-hydrogen) atoms. The van der Waals surface area contributed by atoms with E-state index >= 15 is 0 Å². The molecule has 1 fully saturated rings. The Morgan fingerprint density at radius 1 is 0.943 bits per heavy atom. The number of phenols is 1. The summed E-state index contributed by atoms with van der Waals surface area (Å²) in [5, 5.41) is 13.3. The predicted octanol–water partition coefficient (Wildman–Crippen LogP) is 7.38. The second-order valence-corrected chi connectivity index (χ2v) is 10.4. The molecule has 1 aliphatic rings. The van der Waals surface area contributed by atoms with Crippen molar-refractivity contribution in [2.24, 2.45) is 4.99 Å². The van der Waals surface area contributed by atoms with Crippen molar-refractivity contribution >= 4 is 82.4 Å². The first-order valence-electron chi connectivity index (χ1n) is 10.3. The number of hydrogen-bond acceptors (Lipinski definition) is 7. The second kappa shape index (κ2) is 8.56. The SMILES string of the molecule is Oc1ccccc1C1C/C(=N\c2nc3ccc(F)c(Cl)c3s2)NN1c1nc2ccc(F)c(Cl)c2s1. The molecule has 176 valence electrons. The smallest absolute Gasteiger partial charge is 0.212 e. The number of para-hydroxylation sites is 1. The number of phenolic OH excluding ortho intramolecular Hbond substituents is 1. The monoisotopic (exact) mass is 547 g/mol. The number of thiazole rings is 2. The highest BCUT2D eigenvalue weighted by atomic mass is 35.5. The molecule has 6 rings (SSSR count). The van der Waals surface area contributed by atoms with Gasteiger partial charge in [-0.2, -0.15) is 0 Å². The Morgan fingerprint density at radius 2 is 1.60 bits per heavy atom. The number of amidine groups is 1. The Hall–Kier alpha value is -3.05. The molecule has 1 aliphatic heterocycles. The lowest BCUT2D eigenvalue weighted by atomic mass is 10.0. The first-order valence-corrected chi connectivity index (χ1v) is 12.7. The number of rotatable bonds is 3. The van der Waals surface area contributed by atoms with Crippen molar-refractivity contribution in [2.75, 3.05) is 5.01 Å². The van der Waals surface area contributed by atoms with Crippen LogP contribution in [0.5, 0.6) is 5.75 Å². The number of aliphatic imine (C=N–C) groups is 1. The number of nitrogens with one attached hydrogen (secondary N) is 1. The van der Waals surface area contributed by atoms with E-state index in [0.717, 1.165) is 0 Å². The minimum Gasteiger partial charge on any atom is -0.508 e. The fourth-order valence-corrected chi connectivity index (χ4v) is 6.36. The standard InChI is InChI=1S/C23H13Cl2F2N5OS2/c24-18-11(26)5-7-13-20(18)34-22(28-13)30-17-9-15(10-3-1-2-4-16(10)33)32(31-17)23-29-14-8-6-12(27)19(25)21(14)35-23/h1-8,15,33H,9H2,(H,28,30,31). The van der Waals surface area contributed by atoms with Crippen LogP contribution in [0, 0.1) is 11.6 Å². The molecule has 1 atom stereocenters. The third kappa shape index (κ3) is 3.86. The van der Waals surface area contributed by atoms with E-state index in [2.05, 4.69) is 20.4 Å². The Morgan fingerprint density at radius 3 is 2.31 bits per heavy atom. The number of anilines is 1. The van der Waals surface area contributed by atoms with Gasteiger partial charge in [-0.25, -0.2) is 23.7 Å². The van der Waals surface area contributed by atoms with Crippen LogP contribution in [0.2, 0.25) is 10.0 Å². The quantitative estimate of drug-likeness (QED) is 0.246. The molecular weight excluding hydrogens is 535 g/mol. The van der Waals surface area contributed by atoms with Gasteiger partial charge in [0.15, 0.2) is 0 Å². The number of aromatic nitrogens is 2. The Labute approximate surface area is 215 Å². The highest BCUT2D eigenvalue weighted by Crippen LogP contribution is 2.42. The lowest BCUT2D eigenvalue weighted by molar-refractivity contribution is 0.460. The molecule has 1 unspecified atom stereocenters. The highest BCUT2D eigenvalue weighted by Gasteiger charge is 2.34. The molecule has 3 aromatic carbocycles. The van der Waals surface area contributed by atoms with Gasteiger partial charge in [0.1, 0.15) is 23.2 Å². The number of fused-ring (bicyclic) bond motifs is 2. The van der Waals surface area contributed by atoms with Crippen LogP contribution in [0.3, 0.4) is 0 Å². The maximum Gasteiger partial charge on any atom is 0.212 e. The van der Waals surface area contributed by atoms with Gasteiger partial charge in [0.2, 0.25) is 10.3 Å². The van der Waals surface area contributed by atoms with Gasteiger partial charge in [0, 0.05) is 12.0 Å². The van der Waals surface area contributed by atoms with Crippen molar-refractivity contribution in [3.05, 3.63) is 75.8 Å². The summed E-state index contributed by atoms with van der Waals surface area (Å²) >= 11 is 14.7. The molecule has 2 N–H and O–H groups in total. The molecule has 12 heteroatoms. The molecule has 0 bridgehead atoms. The van der Waals surface area contributed by atoms with E-state index in [1.807, 2.05) is 12.1 Å². The molecule has 6 nitrogen and oxygen atoms in total. The maximum absolute atomic E-state index is 14.0. The van der Waals surface area contributed by atoms with Gasteiger partial charge in [0.05, 0.1) is 36.5 Å². The van der Waals surface area contributed by atoms with Crippen LogP contribution >= 0.6 is 45.9 Å². The Kier molecular flexibility index (Phi) is 5.48. The zero-order valence-corrected chi connectivity index (χ0v) is 20.6. The van der Waals surface area contributed by atoms with Crippen molar-refractivity contribution in [1.29, 1.82) is 0 Å². The average Bonchev–Trinajstić information content (AvgIpc) is 3.56. The van der Waals surface area contributed by atoms with E-state index < -0.39 is 11.6 Å². The molecule has 0 radical (unpaired) electrons. The van der Waals surface area contributed by atoms with Crippen molar-refractivity contribution < 1.29 is 13.9 Å². The molecule has 2 aromatic heterocycles. The number of hydrazine groups is 1. The van der Waals surface area contributed by atoms with Gasteiger partial charge in [-0.1, -0.05) is 64.1 Å². The van der Waals surface area contributed by atoms with Crippen LogP contribution in [0.4, 0.5) is 19.0 Å². The first-order chi connectivity index (χ1) is 16.9. The van der Waals surface area contributed by atoms with E-state index in [1.165, 1.54) is 34.8 Å². The van der Waals surface area contributed by atoms with Gasteiger partial charge in [-0.15, -0.1) is 0 Å². The highest BCUT2D eigenvalue weighted by molar-refractivity contribution is 7.23. The Balaban J connectivity index is 1.43. The van der Waals surface area contributed by atoms with Crippen LogP contribution in [-0.4, -0.2) is 20.9 Å². The number of aromatic hydroxyl groups is 1. The third-order valence-electron chi connectivity index (χ3n) is 5.56. The van der Waals surface area contributed by atoms with Crippen LogP contribution < -0.4 is 10.4 Å². The number of hydrogen-bond donors (Lipinski definition) is 2. The minimum absolute atomic E-state index is 0.0111. The topological polar surface area (TPSA) is 73.6 Å². The molecule has 1 saturated heterocycles. The zero-order chi connectivity index (χ0) is 24.3. The summed E-state index contributed by atoms with van der Waals surface area (Å²) in [6.45, 7) is 0. The van der Waals surface area contributed by atoms with E-state index in [-0.39, 0.29) is 21.8 Å². The largest absolute Gasteiger partial charge is 0.508 e. The van der Waals surface area contributed by atoms with E-state index in [9.17, 15) is 13.9 Å². The lowest BCUT2D eigenvalue weighted by Crippen LogP contribution is -2.34. The summed E-state index contributed by atoms with van der Waals surface area (Å²) in [5.74, 6) is -0.352. The van der Waals surface area contributed by atoms with Crippen LogP contribution in [0.15, 0.2) is 53.5 Å². The van der Waals surface area contributed by atoms with Gasteiger partial charge >= 0.3 is 0 Å². The van der Waals surface area contributed by atoms with Crippen LogP contribution in [-0.2, 0) is 0 Å². The number of benzene rings is 3. The zero-order valence-electron chi connectivity index (χ0n) is 17.5. The van der Waals surface area contributed by atoms with Crippen LogP contribution in [0.25, 0.3) is 20.4 Å². The van der Waals surface area contributed by atoms with Crippen molar-refractivity contribution in [2.45, 2.75) is 12.5 Å². The van der Waals surface area contributed by atoms with Crippen molar-refractivity contribution in [3.8, 4) is 5.75 Å². The summed E-state index contributed by atoms with van der Waals surface area (Å²) in [7, 11) is 0. The molecule has 5 aromatic rings. The fraction of sp³-hybridized carbons (Fsp3) is 0.0870. The lowest BCUT2D eigenvalue weighted by Gasteiger charge is -2.23. The van der Waals surface area contributed by atoms with Crippen molar-refractivity contribution in [3.63, 3.8) is 0 Å². The fourth-order valence-electron chi connectivity index (χ4n) is 3.92. The van der Waals surface area contributed by atoms with Gasteiger partial charge in [-0.3, -0.25) is 10.4 Å². The predicted molar refractivity (Wildman–Crippen MR) is 137 cm³/mol. The third-order valence-corrected chi connectivity index (χ3v) is 8.59. The van der Waals surface area contributed by atoms with E-state index in [1.54, 1.807) is 29.3 Å². The molecule has 0 spiro atoms. The average molecular weight is 548 g/mol. The molecule has 0 aliphatic carbocycles. The minimum atomic E-state index is -0.519. The normalized spacial score (nSPS) is 17.1. The van der Waals surface area contributed by atoms with Gasteiger partial charge < -0.3 is 5.11 Å². The number of nitrogens with zero attached hydrogens (tertiary/aromatic N) is 4. The molecule has 0 amide bonds. The van der Waals surface area contributed by atoms with Crippen LogP contribution in [0.1, 0.15) is 18.0 Å². The molecular formula is C23H13Cl2F2N5OS2. The summed E-state index contributed by atoms with van der Waals surface area (Å²) in [5.41, 5.74) is 5.01. The Bertz CT molecular complexity index is 1650. The summed E-state index contributed by atoms with van der Waals surface area (Å²) < 4.78 is 28.9. The first kappa shape index (κ1) is 22.4. The summed E-state index contributed by atoms with van der Waals surface area (Å²) in [4.78, 5) is 13.7. The summed E-state index contributed by atoms with van der Waals surface area (Å²) in [6, 6.07) is 12.3. The van der Waals surface area contributed by atoms with E-state index in [4.69, 9.17) is 23.2 Å². The second-order valence-electron chi connectivity index (χ2n) is 7.73. The maximum atomic E-state index is 14.0. The number of halogens is 4. The molecule has 3 heterocycles. The van der Waals surface area contributed by atoms with Gasteiger partial charge in [-0.05, 0) is 30.3 Å².